The Morgan fingerprint density at radius 3 is 2.54 bits per heavy atom. The van der Waals surface area contributed by atoms with Gasteiger partial charge in [0.25, 0.3) is 0 Å². The van der Waals surface area contributed by atoms with E-state index >= 15 is 0 Å². The van der Waals surface area contributed by atoms with Crippen molar-refractivity contribution in [2.75, 3.05) is 0 Å². The van der Waals surface area contributed by atoms with E-state index in [-0.39, 0.29) is 15.8 Å². The molecule has 24 heavy (non-hydrogen) atoms. The summed E-state index contributed by atoms with van der Waals surface area (Å²) in [7, 11) is -1.99. The van der Waals surface area contributed by atoms with E-state index in [1.54, 1.807) is 19.2 Å². The Morgan fingerprint density at radius 1 is 1.17 bits per heavy atom. The number of fused-ring (bicyclic) bond motifs is 1. The third-order valence-corrected chi connectivity index (χ3v) is 6.45. The lowest BCUT2D eigenvalue weighted by molar-refractivity contribution is 0.550. The van der Waals surface area contributed by atoms with E-state index in [9.17, 15) is 13.2 Å². The number of sulfonamides is 1. The highest BCUT2D eigenvalue weighted by Gasteiger charge is 2.21. The summed E-state index contributed by atoms with van der Waals surface area (Å²) in [4.78, 5) is 11.8. The van der Waals surface area contributed by atoms with Gasteiger partial charge in [0.05, 0.1) is 15.1 Å². The molecular weight excluding hydrogens is 344 g/mol. The minimum Gasteiger partial charge on any atom is -0.302 e. The highest BCUT2D eigenvalue weighted by molar-refractivity contribution is 7.89. The van der Waals surface area contributed by atoms with Gasteiger partial charge in [-0.05, 0) is 30.2 Å². The Morgan fingerprint density at radius 2 is 1.88 bits per heavy atom. The SMILES string of the molecule is CCC(NS(=O)(=O)c1ccc2c(c1)sc(=O)n2C)c1ccccc1. The maximum atomic E-state index is 12.7. The summed E-state index contributed by atoms with van der Waals surface area (Å²) in [5, 5.41) is 0. The lowest BCUT2D eigenvalue weighted by Gasteiger charge is -2.17. The van der Waals surface area contributed by atoms with Gasteiger partial charge in [0.1, 0.15) is 0 Å². The largest absolute Gasteiger partial charge is 0.307 e. The number of nitrogens with one attached hydrogen (secondary N) is 1. The van der Waals surface area contributed by atoms with Gasteiger partial charge in [0.15, 0.2) is 0 Å². The zero-order chi connectivity index (χ0) is 17.3. The van der Waals surface area contributed by atoms with Gasteiger partial charge in [0, 0.05) is 13.1 Å². The maximum absolute atomic E-state index is 12.7. The van der Waals surface area contributed by atoms with Gasteiger partial charge >= 0.3 is 4.87 Å². The summed E-state index contributed by atoms with van der Waals surface area (Å²) >= 11 is 1.05. The van der Waals surface area contributed by atoms with Crippen LogP contribution in [0, 0.1) is 0 Å². The smallest absolute Gasteiger partial charge is 0.302 e. The number of benzene rings is 2. The molecule has 0 aliphatic heterocycles. The number of aromatic nitrogens is 1. The third kappa shape index (κ3) is 3.15. The maximum Gasteiger partial charge on any atom is 0.307 e. The molecule has 0 amide bonds. The van der Waals surface area contributed by atoms with Crippen molar-refractivity contribution in [3.05, 3.63) is 63.8 Å². The normalized spacial score (nSPS) is 13.2. The molecule has 0 fully saturated rings. The predicted molar refractivity (Wildman–Crippen MR) is 96.9 cm³/mol. The van der Waals surface area contributed by atoms with Crippen LogP contribution in [0.3, 0.4) is 0 Å². The molecule has 0 radical (unpaired) electrons. The van der Waals surface area contributed by atoms with Crippen LogP contribution in [0.1, 0.15) is 24.9 Å². The van der Waals surface area contributed by atoms with E-state index in [4.69, 9.17) is 0 Å². The fourth-order valence-corrected chi connectivity index (χ4v) is 4.94. The van der Waals surface area contributed by atoms with Crippen LogP contribution in [0.5, 0.6) is 0 Å². The van der Waals surface area contributed by atoms with Gasteiger partial charge < -0.3 is 4.57 Å². The average molecular weight is 362 g/mol. The Bertz CT molecular complexity index is 1020. The van der Waals surface area contributed by atoms with E-state index in [0.29, 0.717) is 11.1 Å². The fraction of sp³-hybridized carbons (Fsp3) is 0.235. The fourth-order valence-electron chi connectivity index (χ4n) is 2.61. The molecule has 2 aromatic carbocycles. The van der Waals surface area contributed by atoms with E-state index in [1.165, 1.54) is 10.6 Å². The first-order chi connectivity index (χ1) is 11.4. The summed E-state index contributed by atoms with van der Waals surface area (Å²) in [5.41, 5.74) is 1.66. The Kier molecular flexibility index (Phi) is 4.58. The highest BCUT2D eigenvalue weighted by atomic mass is 32.2. The van der Waals surface area contributed by atoms with E-state index in [1.807, 2.05) is 37.3 Å². The summed E-state index contributed by atoms with van der Waals surface area (Å²) in [5.74, 6) is 0. The second-order valence-electron chi connectivity index (χ2n) is 5.55. The molecule has 0 bridgehead atoms. The van der Waals surface area contributed by atoms with Crippen LogP contribution in [0.4, 0.5) is 0 Å². The van der Waals surface area contributed by atoms with Gasteiger partial charge in [-0.15, -0.1) is 0 Å². The summed E-state index contributed by atoms with van der Waals surface area (Å²) in [6.45, 7) is 1.94. The van der Waals surface area contributed by atoms with Crippen molar-refractivity contribution in [1.82, 2.24) is 9.29 Å². The third-order valence-electron chi connectivity index (χ3n) is 3.98. The zero-order valence-electron chi connectivity index (χ0n) is 13.4. The van der Waals surface area contributed by atoms with Gasteiger partial charge in [0.2, 0.25) is 10.0 Å². The molecule has 5 nitrogen and oxygen atoms in total. The van der Waals surface area contributed by atoms with Crippen molar-refractivity contribution < 1.29 is 8.42 Å². The van der Waals surface area contributed by atoms with E-state index in [2.05, 4.69) is 4.72 Å². The number of nitrogens with zero attached hydrogens (tertiary/aromatic N) is 1. The molecule has 7 heteroatoms. The molecule has 0 aliphatic rings. The number of hydrogen-bond donors (Lipinski definition) is 1. The summed E-state index contributed by atoms with van der Waals surface area (Å²) in [6, 6.07) is 14.0. The molecule has 1 heterocycles. The van der Waals surface area contributed by atoms with Crippen LogP contribution in [-0.2, 0) is 17.1 Å². The van der Waals surface area contributed by atoms with Crippen molar-refractivity contribution >= 4 is 31.6 Å². The second-order valence-corrected chi connectivity index (χ2v) is 8.26. The highest BCUT2D eigenvalue weighted by Crippen LogP contribution is 2.24. The first kappa shape index (κ1) is 16.9. The minimum absolute atomic E-state index is 0.108. The van der Waals surface area contributed by atoms with E-state index < -0.39 is 10.0 Å². The molecule has 1 atom stereocenters. The molecule has 1 N–H and O–H groups in total. The predicted octanol–water partition coefficient (Wildman–Crippen LogP) is 3.03. The molecule has 0 saturated carbocycles. The number of hydrogen-bond acceptors (Lipinski definition) is 4. The molecule has 0 saturated heterocycles. The molecule has 0 aliphatic carbocycles. The number of thiazole rings is 1. The lowest BCUT2D eigenvalue weighted by Crippen LogP contribution is -2.28. The van der Waals surface area contributed by atoms with Crippen molar-refractivity contribution in [3.63, 3.8) is 0 Å². The number of rotatable bonds is 5. The van der Waals surface area contributed by atoms with Crippen LogP contribution < -0.4 is 9.60 Å². The van der Waals surface area contributed by atoms with Crippen LogP contribution in [0.15, 0.2) is 58.2 Å². The van der Waals surface area contributed by atoms with Gasteiger partial charge in [-0.25, -0.2) is 13.1 Å². The zero-order valence-corrected chi connectivity index (χ0v) is 15.0. The molecule has 0 spiro atoms. The van der Waals surface area contributed by atoms with Gasteiger partial charge in [-0.1, -0.05) is 48.6 Å². The quantitative estimate of drug-likeness (QED) is 0.758. The topological polar surface area (TPSA) is 68.2 Å². The van der Waals surface area contributed by atoms with Crippen molar-refractivity contribution in [1.29, 1.82) is 0 Å². The van der Waals surface area contributed by atoms with Crippen LogP contribution in [0.2, 0.25) is 0 Å². The summed E-state index contributed by atoms with van der Waals surface area (Å²) in [6.07, 6.45) is 0.643. The Hall–Kier alpha value is -1.96. The minimum atomic E-state index is -3.67. The van der Waals surface area contributed by atoms with Crippen molar-refractivity contribution in [3.8, 4) is 0 Å². The molecule has 3 aromatic rings. The summed E-state index contributed by atoms with van der Waals surface area (Å²) < 4.78 is 30.4. The van der Waals surface area contributed by atoms with Crippen molar-refractivity contribution in [2.45, 2.75) is 24.3 Å². The van der Waals surface area contributed by atoms with Crippen molar-refractivity contribution in [2.24, 2.45) is 7.05 Å². The first-order valence-electron chi connectivity index (χ1n) is 7.59. The van der Waals surface area contributed by atoms with Gasteiger partial charge in [-0.2, -0.15) is 0 Å². The van der Waals surface area contributed by atoms with Crippen LogP contribution >= 0.6 is 11.3 Å². The Balaban J connectivity index is 1.96. The lowest BCUT2D eigenvalue weighted by atomic mass is 10.1. The Labute approximate surface area is 144 Å². The van der Waals surface area contributed by atoms with Crippen LogP contribution in [-0.4, -0.2) is 13.0 Å². The second kappa shape index (κ2) is 6.51. The monoisotopic (exact) mass is 362 g/mol. The standard InChI is InChI=1S/C17H18N2O3S2/c1-3-14(12-7-5-4-6-8-12)18-24(21,22)13-9-10-15-16(11-13)23-17(20)19(15)2/h4-11,14,18H,3H2,1-2H3. The van der Waals surface area contributed by atoms with E-state index in [0.717, 1.165) is 22.4 Å². The molecule has 1 unspecified atom stereocenters. The average Bonchev–Trinajstić information content (AvgIpc) is 2.87. The first-order valence-corrected chi connectivity index (χ1v) is 9.89. The van der Waals surface area contributed by atoms with Gasteiger partial charge in [-0.3, -0.25) is 4.79 Å². The number of aryl methyl sites for hydroxylation is 1. The van der Waals surface area contributed by atoms with Crippen LogP contribution in [0.25, 0.3) is 10.2 Å². The molecule has 126 valence electrons. The molecular formula is C17H18N2O3S2. The molecule has 1 aromatic heterocycles. The molecule has 3 rings (SSSR count).